The smallest absolute Gasteiger partial charge is 0.339 e. The molecular weight excluding hydrogens is 357 g/mol. The Morgan fingerprint density at radius 1 is 1.33 bits per heavy atom. The van der Waals surface area contributed by atoms with Crippen molar-refractivity contribution in [3.8, 4) is 0 Å². The molecule has 0 amide bonds. The number of carbonyl (C=O) groups excluding carboxylic acids is 1. The first-order valence-electron chi connectivity index (χ1n) is 6.71. The van der Waals surface area contributed by atoms with Crippen molar-refractivity contribution in [3.63, 3.8) is 0 Å². The van der Waals surface area contributed by atoms with Crippen LogP contribution in [0.2, 0.25) is 10.0 Å². The maximum absolute atomic E-state index is 11.5. The average molecular weight is 370 g/mol. The minimum atomic E-state index is -0.690. The molecule has 1 aromatic heterocycles. The molecule has 0 aliphatic heterocycles. The van der Waals surface area contributed by atoms with Crippen LogP contribution in [0.3, 0.4) is 0 Å². The first-order valence-corrected chi connectivity index (χ1v) is 7.47. The van der Waals surface area contributed by atoms with E-state index in [9.17, 15) is 14.9 Å². The lowest BCUT2D eigenvalue weighted by atomic mass is 10.2. The molecule has 0 saturated heterocycles. The van der Waals surface area contributed by atoms with Crippen molar-refractivity contribution >= 4 is 40.7 Å². The van der Waals surface area contributed by atoms with Crippen LogP contribution < -0.4 is 4.90 Å². The molecule has 0 spiro atoms. The number of esters is 1. The van der Waals surface area contributed by atoms with E-state index in [1.54, 1.807) is 30.1 Å². The van der Waals surface area contributed by atoms with Gasteiger partial charge in [-0.2, -0.15) is 0 Å². The number of hydrogen-bond donors (Lipinski definition) is 0. The van der Waals surface area contributed by atoms with E-state index in [1.807, 2.05) is 0 Å². The molecule has 0 bridgehead atoms. The Hall–Kier alpha value is -2.38. The molecule has 0 atom stereocenters. The molecule has 0 unspecified atom stereocenters. The molecule has 1 heterocycles. The SMILES string of the molecule is COC(=O)c1cnc(N(C)Cc2ccc(Cl)c(Cl)c2)c([N+](=O)[O-])c1. The standard InChI is InChI=1S/C15H13Cl2N3O4/c1-19(8-9-3-4-11(16)12(17)5-9)14-13(20(22)23)6-10(7-18-14)15(21)24-2/h3-7H,8H2,1-2H3. The number of aromatic nitrogens is 1. The van der Waals surface area contributed by atoms with Gasteiger partial charge in [-0.1, -0.05) is 29.3 Å². The molecule has 126 valence electrons. The Morgan fingerprint density at radius 2 is 2.04 bits per heavy atom. The highest BCUT2D eigenvalue weighted by Crippen LogP contribution is 2.28. The van der Waals surface area contributed by atoms with Crippen molar-refractivity contribution in [1.29, 1.82) is 0 Å². The van der Waals surface area contributed by atoms with Crippen molar-refractivity contribution in [1.82, 2.24) is 4.98 Å². The number of rotatable bonds is 5. The third-order valence-electron chi connectivity index (χ3n) is 3.23. The first-order chi connectivity index (χ1) is 11.3. The van der Waals surface area contributed by atoms with E-state index >= 15 is 0 Å². The molecule has 0 radical (unpaired) electrons. The van der Waals surface area contributed by atoms with Gasteiger partial charge >= 0.3 is 11.7 Å². The predicted octanol–water partition coefficient (Wildman–Crippen LogP) is 3.72. The molecule has 0 fully saturated rings. The Kier molecular flexibility index (Phi) is 5.58. The van der Waals surface area contributed by atoms with Crippen LogP contribution in [0.15, 0.2) is 30.5 Å². The van der Waals surface area contributed by atoms with Crippen molar-refractivity contribution in [3.05, 3.63) is 61.7 Å². The molecular formula is C15H13Cl2N3O4. The number of benzene rings is 1. The lowest BCUT2D eigenvalue weighted by molar-refractivity contribution is -0.384. The zero-order valence-corrected chi connectivity index (χ0v) is 14.3. The summed E-state index contributed by atoms with van der Waals surface area (Å²) in [5, 5.41) is 12.1. The summed E-state index contributed by atoms with van der Waals surface area (Å²) in [7, 11) is 2.84. The molecule has 0 N–H and O–H groups in total. The predicted molar refractivity (Wildman–Crippen MR) is 90.8 cm³/mol. The maximum Gasteiger partial charge on any atom is 0.339 e. The van der Waals surface area contributed by atoms with E-state index in [-0.39, 0.29) is 17.1 Å². The van der Waals surface area contributed by atoms with Crippen molar-refractivity contribution in [2.75, 3.05) is 19.1 Å². The Balaban J connectivity index is 2.33. The summed E-state index contributed by atoms with van der Waals surface area (Å²) in [6.07, 6.45) is 1.24. The molecule has 2 rings (SSSR count). The van der Waals surface area contributed by atoms with Gasteiger partial charge in [-0.25, -0.2) is 9.78 Å². The van der Waals surface area contributed by atoms with E-state index < -0.39 is 10.9 Å². The molecule has 24 heavy (non-hydrogen) atoms. The Bertz CT molecular complexity index is 798. The largest absolute Gasteiger partial charge is 0.465 e. The van der Waals surface area contributed by atoms with Crippen LogP contribution >= 0.6 is 23.2 Å². The summed E-state index contributed by atoms with van der Waals surface area (Å²) in [6, 6.07) is 6.23. The molecule has 0 saturated carbocycles. The second-order valence-electron chi connectivity index (χ2n) is 4.92. The number of nitro groups is 1. The average Bonchev–Trinajstić information content (AvgIpc) is 2.56. The van der Waals surface area contributed by atoms with Crippen LogP contribution in [0, 0.1) is 10.1 Å². The molecule has 0 aliphatic rings. The summed E-state index contributed by atoms with van der Waals surface area (Å²) >= 11 is 11.8. The quantitative estimate of drug-likeness (QED) is 0.453. The molecule has 1 aromatic carbocycles. The highest BCUT2D eigenvalue weighted by molar-refractivity contribution is 6.42. The number of halogens is 2. The van der Waals surface area contributed by atoms with Crippen molar-refractivity contribution < 1.29 is 14.5 Å². The van der Waals surface area contributed by atoms with Crippen LogP contribution in [0.5, 0.6) is 0 Å². The van der Waals surface area contributed by atoms with Crippen LogP contribution in [-0.2, 0) is 11.3 Å². The van der Waals surface area contributed by atoms with Crippen molar-refractivity contribution in [2.24, 2.45) is 0 Å². The van der Waals surface area contributed by atoms with Gasteiger partial charge < -0.3 is 9.64 Å². The van der Waals surface area contributed by atoms with Crippen LogP contribution in [-0.4, -0.2) is 30.0 Å². The second kappa shape index (κ2) is 7.46. The number of pyridine rings is 1. The minimum Gasteiger partial charge on any atom is -0.465 e. The minimum absolute atomic E-state index is 0.0101. The summed E-state index contributed by atoms with van der Waals surface area (Å²) < 4.78 is 4.55. The van der Waals surface area contributed by atoms with Gasteiger partial charge in [0.25, 0.3) is 0 Å². The summed E-state index contributed by atoms with van der Waals surface area (Å²) in [5.74, 6) is -0.567. The zero-order valence-electron chi connectivity index (χ0n) is 12.8. The third kappa shape index (κ3) is 3.93. The van der Waals surface area contributed by atoms with Gasteiger partial charge in [0.05, 0.1) is 27.6 Å². The number of methoxy groups -OCH3 is 1. The normalized spacial score (nSPS) is 10.3. The first kappa shape index (κ1) is 18.0. The molecule has 9 heteroatoms. The Morgan fingerprint density at radius 3 is 2.62 bits per heavy atom. The van der Waals surface area contributed by atoms with Crippen LogP contribution in [0.1, 0.15) is 15.9 Å². The molecule has 7 nitrogen and oxygen atoms in total. The molecule has 2 aromatic rings. The van der Waals surface area contributed by atoms with Gasteiger partial charge in [0, 0.05) is 25.9 Å². The lowest BCUT2D eigenvalue weighted by Crippen LogP contribution is -2.19. The third-order valence-corrected chi connectivity index (χ3v) is 3.97. The fourth-order valence-electron chi connectivity index (χ4n) is 2.09. The number of anilines is 1. The summed E-state index contributed by atoms with van der Waals surface area (Å²) in [6.45, 7) is 0.322. The van der Waals surface area contributed by atoms with Gasteiger partial charge in [0.1, 0.15) is 0 Å². The monoisotopic (exact) mass is 369 g/mol. The van der Waals surface area contributed by atoms with Gasteiger partial charge in [-0.3, -0.25) is 10.1 Å². The van der Waals surface area contributed by atoms with Gasteiger partial charge in [-0.05, 0) is 17.7 Å². The van der Waals surface area contributed by atoms with Gasteiger partial charge in [0.15, 0.2) is 0 Å². The van der Waals surface area contributed by atoms with Gasteiger partial charge in [-0.15, -0.1) is 0 Å². The van der Waals surface area contributed by atoms with E-state index in [2.05, 4.69) is 9.72 Å². The number of carbonyl (C=O) groups is 1. The van der Waals surface area contributed by atoms with E-state index in [4.69, 9.17) is 23.2 Å². The van der Waals surface area contributed by atoms with Gasteiger partial charge in [0.2, 0.25) is 5.82 Å². The summed E-state index contributed by atoms with van der Waals surface area (Å²) in [5.41, 5.74) is 0.524. The zero-order chi connectivity index (χ0) is 17.9. The fourth-order valence-corrected chi connectivity index (χ4v) is 2.41. The topological polar surface area (TPSA) is 85.6 Å². The van der Waals surface area contributed by atoms with Crippen molar-refractivity contribution in [2.45, 2.75) is 6.54 Å². The highest BCUT2D eigenvalue weighted by atomic mass is 35.5. The van der Waals surface area contributed by atoms with E-state index in [0.717, 1.165) is 11.6 Å². The van der Waals surface area contributed by atoms with E-state index in [0.29, 0.717) is 16.6 Å². The lowest BCUT2D eigenvalue weighted by Gasteiger charge is -2.18. The highest BCUT2D eigenvalue weighted by Gasteiger charge is 2.22. The molecule has 0 aliphatic carbocycles. The number of nitrogens with zero attached hydrogens (tertiary/aromatic N) is 3. The Labute approximate surface area is 147 Å². The second-order valence-corrected chi connectivity index (χ2v) is 5.73. The fraction of sp³-hybridized carbons (Fsp3) is 0.200. The number of ether oxygens (including phenoxy) is 1. The number of hydrogen-bond acceptors (Lipinski definition) is 6. The van der Waals surface area contributed by atoms with Crippen LogP contribution in [0.4, 0.5) is 11.5 Å². The van der Waals surface area contributed by atoms with E-state index in [1.165, 1.54) is 13.3 Å². The summed E-state index contributed by atoms with van der Waals surface area (Å²) in [4.78, 5) is 27.8. The van der Waals surface area contributed by atoms with Crippen LogP contribution in [0.25, 0.3) is 0 Å². The maximum atomic E-state index is 11.5.